The maximum absolute atomic E-state index is 12.1. The highest BCUT2D eigenvalue weighted by molar-refractivity contribution is 6.04. The highest BCUT2D eigenvalue weighted by Gasteiger charge is 2.50. The van der Waals surface area contributed by atoms with E-state index in [1.54, 1.807) is 39.8 Å². The summed E-state index contributed by atoms with van der Waals surface area (Å²) >= 11 is 0. The number of carbonyl (C=O) groups excluding carboxylic acids is 2. The minimum atomic E-state index is -2.43. The van der Waals surface area contributed by atoms with E-state index in [2.05, 4.69) is 0 Å². The third-order valence-corrected chi connectivity index (χ3v) is 2.92. The third-order valence-electron chi connectivity index (χ3n) is 2.92. The van der Waals surface area contributed by atoms with Crippen LogP contribution in [0.15, 0.2) is 18.2 Å². The Balaban J connectivity index is 3.40. The van der Waals surface area contributed by atoms with Crippen molar-refractivity contribution in [3.05, 3.63) is 34.9 Å². The minimum absolute atomic E-state index is 0.0609. The molecule has 0 aliphatic rings. The van der Waals surface area contributed by atoms with Crippen molar-refractivity contribution in [3.8, 4) is 0 Å². The van der Waals surface area contributed by atoms with Crippen molar-refractivity contribution in [1.82, 2.24) is 0 Å². The monoisotopic (exact) mass is 280 g/mol. The fourth-order valence-corrected chi connectivity index (χ4v) is 1.90. The van der Waals surface area contributed by atoms with Crippen LogP contribution in [0, 0.1) is 13.8 Å². The number of aryl methyl sites for hydroxylation is 2. The summed E-state index contributed by atoms with van der Waals surface area (Å²) in [4.78, 5) is 24.1. The summed E-state index contributed by atoms with van der Waals surface area (Å²) in [5, 5.41) is 10.6. The van der Waals surface area contributed by atoms with Crippen molar-refractivity contribution < 1.29 is 24.2 Å². The minimum Gasteiger partial charge on any atom is -0.463 e. The molecule has 20 heavy (non-hydrogen) atoms. The first kappa shape index (κ1) is 16.2. The first-order valence-corrected chi connectivity index (χ1v) is 6.52. The lowest BCUT2D eigenvalue weighted by atomic mass is 9.89. The molecule has 0 amide bonds. The molecule has 0 radical (unpaired) electrons. The van der Waals surface area contributed by atoms with E-state index in [4.69, 9.17) is 9.47 Å². The molecule has 0 spiro atoms. The molecule has 0 heterocycles. The first-order chi connectivity index (χ1) is 9.37. The summed E-state index contributed by atoms with van der Waals surface area (Å²) in [6.07, 6.45) is 0. The fraction of sp³-hybridized carbons (Fsp3) is 0.467. The Kier molecular flexibility index (Phi) is 5.27. The average molecular weight is 280 g/mol. The van der Waals surface area contributed by atoms with E-state index in [1.807, 2.05) is 6.07 Å². The van der Waals surface area contributed by atoms with Crippen LogP contribution in [-0.2, 0) is 24.7 Å². The number of rotatable bonds is 5. The van der Waals surface area contributed by atoms with Crippen molar-refractivity contribution in [2.75, 3.05) is 13.2 Å². The molecule has 0 fully saturated rings. The Morgan fingerprint density at radius 2 is 1.60 bits per heavy atom. The van der Waals surface area contributed by atoms with E-state index >= 15 is 0 Å². The Morgan fingerprint density at radius 1 is 1.10 bits per heavy atom. The molecule has 5 heteroatoms. The second-order valence-electron chi connectivity index (χ2n) is 4.47. The van der Waals surface area contributed by atoms with Gasteiger partial charge in [-0.1, -0.05) is 23.8 Å². The number of carbonyl (C=O) groups is 2. The summed E-state index contributed by atoms with van der Waals surface area (Å²) in [6.45, 7) is 6.84. The SMILES string of the molecule is CCOC(=O)C(O)(C(=O)OCC)c1cc(C)ccc1C. The lowest BCUT2D eigenvalue weighted by Gasteiger charge is -2.25. The molecule has 0 atom stereocenters. The van der Waals surface area contributed by atoms with Crippen molar-refractivity contribution in [3.63, 3.8) is 0 Å². The second kappa shape index (κ2) is 6.52. The van der Waals surface area contributed by atoms with Gasteiger partial charge in [-0.15, -0.1) is 0 Å². The van der Waals surface area contributed by atoms with Crippen molar-refractivity contribution in [1.29, 1.82) is 0 Å². The molecule has 1 aromatic rings. The molecule has 1 rings (SSSR count). The van der Waals surface area contributed by atoms with Gasteiger partial charge in [-0.25, -0.2) is 9.59 Å². The second-order valence-corrected chi connectivity index (χ2v) is 4.47. The number of hydrogen-bond donors (Lipinski definition) is 1. The van der Waals surface area contributed by atoms with Crippen LogP contribution >= 0.6 is 0 Å². The van der Waals surface area contributed by atoms with Gasteiger partial charge < -0.3 is 14.6 Å². The van der Waals surface area contributed by atoms with Crippen LogP contribution in [0.2, 0.25) is 0 Å². The largest absolute Gasteiger partial charge is 0.463 e. The molecule has 1 N–H and O–H groups in total. The standard InChI is InChI=1S/C15H20O5/c1-5-19-13(16)15(18,14(17)20-6-2)12-9-10(3)7-8-11(12)4/h7-9,18H,5-6H2,1-4H3. The van der Waals surface area contributed by atoms with E-state index in [1.165, 1.54) is 0 Å². The maximum atomic E-state index is 12.1. The van der Waals surface area contributed by atoms with Crippen LogP contribution in [0.3, 0.4) is 0 Å². The van der Waals surface area contributed by atoms with Gasteiger partial charge in [0.25, 0.3) is 5.60 Å². The zero-order chi connectivity index (χ0) is 15.3. The normalized spacial score (nSPS) is 11.1. The van der Waals surface area contributed by atoms with Gasteiger partial charge in [-0.05, 0) is 33.3 Å². The average Bonchev–Trinajstić information content (AvgIpc) is 2.41. The lowest BCUT2D eigenvalue weighted by molar-refractivity contribution is -0.184. The lowest BCUT2D eigenvalue weighted by Crippen LogP contribution is -2.46. The van der Waals surface area contributed by atoms with E-state index < -0.39 is 17.5 Å². The molecular formula is C15H20O5. The summed E-state index contributed by atoms with van der Waals surface area (Å²) < 4.78 is 9.67. The quantitative estimate of drug-likeness (QED) is 0.655. The maximum Gasteiger partial charge on any atom is 0.354 e. The first-order valence-electron chi connectivity index (χ1n) is 6.52. The van der Waals surface area contributed by atoms with Gasteiger partial charge in [0.05, 0.1) is 13.2 Å². The van der Waals surface area contributed by atoms with Crippen molar-refractivity contribution in [2.45, 2.75) is 33.3 Å². The summed E-state index contributed by atoms with van der Waals surface area (Å²) in [5.74, 6) is -2.04. The van der Waals surface area contributed by atoms with Crippen LogP contribution in [0.4, 0.5) is 0 Å². The summed E-state index contributed by atoms with van der Waals surface area (Å²) in [6, 6.07) is 5.15. The van der Waals surface area contributed by atoms with E-state index in [-0.39, 0.29) is 18.8 Å². The zero-order valence-electron chi connectivity index (χ0n) is 12.2. The number of ether oxygens (including phenoxy) is 2. The van der Waals surface area contributed by atoms with Crippen LogP contribution < -0.4 is 0 Å². The Hall–Kier alpha value is -1.88. The number of benzene rings is 1. The Bertz CT molecular complexity index is 489. The van der Waals surface area contributed by atoms with Gasteiger partial charge in [0.15, 0.2) is 0 Å². The molecular weight excluding hydrogens is 260 g/mol. The van der Waals surface area contributed by atoms with Crippen LogP contribution in [0.5, 0.6) is 0 Å². The van der Waals surface area contributed by atoms with Gasteiger partial charge in [-0.3, -0.25) is 0 Å². The third kappa shape index (κ3) is 2.99. The smallest absolute Gasteiger partial charge is 0.354 e. The molecule has 0 bridgehead atoms. The Labute approximate surface area is 118 Å². The molecule has 0 aliphatic heterocycles. The highest BCUT2D eigenvalue weighted by Crippen LogP contribution is 2.28. The van der Waals surface area contributed by atoms with Crippen molar-refractivity contribution in [2.24, 2.45) is 0 Å². The van der Waals surface area contributed by atoms with Crippen LogP contribution in [-0.4, -0.2) is 30.3 Å². The van der Waals surface area contributed by atoms with Crippen LogP contribution in [0.25, 0.3) is 0 Å². The number of esters is 2. The van der Waals surface area contributed by atoms with E-state index in [0.29, 0.717) is 5.56 Å². The van der Waals surface area contributed by atoms with Gasteiger partial charge in [0, 0.05) is 5.56 Å². The van der Waals surface area contributed by atoms with E-state index in [9.17, 15) is 14.7 Å². The molecule has 1 aromatic carbocycles. The summed E-state index contributed by atoms with van der Waals surface area (Å²) in [7, 11) is 0. The number of hydrogen-bond acceptors (Lipinski definition) is 5. The number of aliphatic hydroxyl groups is 1. The predicted molar refractivity (Wildman–Crippen MR) is 73.1 cm³/mol. The molecule has 110 valence electrons. The van der Waals surface area contributed by atoms with Crippen LogP contribution in [0.1, 0.15) is 30.5 Å². The van der Waals surface area contributed by atoms with Gasteiger partial charge in [0.2, 0.25) is 0 Å². The molecule has 0 unspecified atom stereocenters. The highest BCUT2D eigenvalue weighted by atomic mass is 16.6. The zero-order valence-corrected chi connectivity index (χ0v) is 12.2. The molecule has 0 aromatic heterocycles. The van der Waals surface area contributed by atoms with Gasteiger partial charge >= 0.3 is 11.9 Å². The Morgan fingerprint density at radius 3 is 2.05 bits per heavy atom. The topological polar surface area (TPSA) is 72.8 Å². The van der Waals surface area contributed by atoms with Gasteiger partial charge in [-0.2, -0.15) is 0 Å². The predicted octanol–water partition coefficient (Wildman–Crippen LogP) is 1.62. The fourth-order valence-electron chi connectivity index (χ4n) is 1.90. The van der Waals surface area contributed by atoms with Gasteiger partial charge in [0.1, 0.15) is 0 Å². The molecule has 0 aliphatic carbocycles. The van der Waals surface area contributed by atoms with Crippen molar-refractivity contribution >= 4 is 11.9 Å². The molecule has 5 nitrogen and oxygen atoms in total. The van der Waals surface area contributed by atoms with E-state index in [0.717, 1.165) is 5.56 Å². The molecule has 0 saturated carbocycles. The summed E-state index contributed by atoms with van der Waals surface area (Å²) in [5.41, 5.74) is -0.812. The molecule has 0 saturated heterocycles.